The molecule has 1 aromatic heterocycles. The van der Waals surface area contributed by atoms with E-state index in [0.717, 1.165) is 22.6 Å². The number of aromatic nitrogens is 3. The number of carbonyl (C=O) groups is 1. The van der Waals surface area contributed by atoms with Crippen LogP contribution in [-0.2, 0) is 0 Å². The van der Waals surface area contributed by atoms with E-state index in [1.165, 1.54) is 6.33 Å². The molecule has 0 aliphatic rings. The number of para-hydroxylation sites is 1. The van der Waals surface area contributed by atoms with Gasteiger partial charge < -0.3 is 4.74 Å². The number of hydrogen-bond acceptors (Lipinski definition) is 4. The Morgan fingerprint density at radius 2 is 2.05 bits per heavy atom. The van der Waals surface area contributed by atoms with Gasteiger partial charge >= 0.3 is 0 Å². The average molecular weight is 293 g/mol. The highest BCUT2D eigenvalue weighted by Crippen LogP contribution is 2.30. The number of aldehydes is 1. The van der Waals surface area contributed by atoms with Gasteiger partial charge in [0.05, 0.1) is 12.3 Å². The molecule has 0 N–H and O–H groups in total. The van der Waals surface area contributed by atoms with Crippen molar-refractivity contribution in [2.24, 2.45) is 0 Å². The molecule has 0 amide bonds. The summed E-state index contributed by atoms with van der Waals surface area (Å²) in [5.74, 6) is 1.01. The Morgan fingerprint density at radius 1 is 1.18 bits per heavy atom. The number of benzene rings is 2. The van der Waals surface area contributed by atoms with Crippen LogP contribution in [0.2, 0.25) is 0 Å². The Hall–Kier alpha value is -2.95. The Labute approximate surface area is 128 Å². The fourth-order valence-electron chi connectivity index (χ4n) is 2.26. The summed E-state index contributed by atoms with van der Waals surface area (Å²) in [7, 11) is 0. The molecule has 0 aliphatic heterocycles. The summed E-state index contributed by atoms with van der Waals surface area (Å²) >= 11 is 0. The van der Waals surface area contributed by atoms with E-state index in [2.05, 4.69) is 10.1 Å². The lowest BCUT2D eigenvalue weighted by molar-refractivity contribution is 0.111. The highest BCUT2D eigenvalue weighted by molar-refractivity contribution is 5.72. The molecule has 1 heterocycles. The van der Waals surface area contributed by atoms with Gasteiger partial charge in [-0.2, -0.15) is 0 Å². The molecule has 0 fully saturated rings. The molecule has 0 atom stereocenters. The van der Waals surface area contributed by atoms with Gasteiger partial charge in [0.15, 0.2) is 6.29 Å². The molecule has 5 nitrogen and oxygen atoms in total. The van der Waals surface area contributed by atoms with Crippen LogP contribution in [0.1, 0.15) is 17.5 Å². The molecule has 0 saturated heterocycles. The van der Waals surface area contributed by atoms with Crippen molar-refractivity contribution >= 4 is 6.29 Å². The topological polar surface area (TPSA) is 57.0 Å². The largest absolute Gasteiger partial charge is 0.493 e. The first-order chi connectivity index (χ1) is 10.8. The van der Waals surface area contributed by atoms with E-state index in [0.29, 0.717) is 12.9 Å². The summed E-state index contributed by atoms with van der Waals surface area (Å²) in [5, 5.41) is 4.10. The smallest absolute Gasteiger partial charge is 0.214 e. The van der Waals surface area contributed by atoms with E-state index >= 15 is 0 Å². The van der Waals surface area contributed by atoms with Crippen molar-refractivity contribution < 1.29 is 9.53 Å². The van der Waals surface area contributed by atoms with Gasteiger partial charge in [-0.15, -0.1) is 5.10 Å². The summed E-state index contributed by atoms with van der Waals surface area (Å²) in [6, 6.07) is 15.7. The quantitative estimate of drug-likeness (QED) is 0.678. The molecular weight excluding hydrogens is 278 g/mol. The number of nitrogens with zero attached hydrogens (tertiary/aromatic N) is 3. The van der Waals surface area contributed by atoms with Crippen molar-refractivity contribution in [3.05, 3.63) is 60.7 Å². The highest BCUT2D eigenvalue weighted by Gasteiger charge is 2.08. The van der Waals surface area contributed by atoms with Crippen LogP contribution >= 0.6 is 0 Å². The molecule has 0 aliphatic carbocycles. The second kappa shape index (κ2) is 6.22. The van der Waals surface area contributed by atoms with Crippen LogP contribution in [-0.4, -0.2) is 27.7 Å². The lowest BCUT2D eigenvalue weighted by Crippen LogP contribution is -1.97. The Kier molecular flexibility index (Phi) is 3.96. The first-order valence-corrected chi connectivity index (χ1v) is 7.01. The van der Waals surface area contributed by atoms with Gasteiger partial charge in [-0.25, -0.2) is 9.67 Å². The normalized spacial score (nSPS) is 10.4. The van der Waals surface area contributed by atoms with E-state index in [1.807, 2.05) is 55.5 Å². The van der Waals surface area contributed by atoms with Crippen molar-refractivity contribution in [3.8, 4) is 22.6 Å². The minimum absolute atomic E-state index is 0.167. The summed E-state index contributed by atoms with van der Waals surface area (Å²) in [5.41, 5.74) is 2.87. The third-order valence-corrected chi connectivity index (χ3v) is 3.22. The Morgan fingerprint density at radius 3 is 2.82 bits per heavy atom. The van der Waals surface area contributed by atoms with Crippen LogP contribution in [0.15, 0.2) is 54.9 Å². The zero-order valence-corrected chi connectivity index (χ0v) is 12.1. The first kappa shape index (κ1) is 14.0. The number of ether oxygens (including phenoxy) is 1. The summed E-state index contributed by atoms with van der Waals surface area (Å²) in [6.45, 7) is 2.58. The molecule has 3 aromatic rings. The molecule has 2 aromatic carbocycles. The van der Waals surface area contributed by atoms with Gasteiger partial charge in [-0.3, -0.25) is 4.79 Å². The predicted molar refractivity (Wildman–Crippen MR) is 83.4 cm³/mol. The second-order valence-corrected chi connectivity index (χ2v) is 4.64. The SMILES string of the molecule is CCOc1ccccc1-c1cccc(-n2cnc(C=O)n2)c1. The van der Waals surface area contributed by atoms with Crippen molar-refractivity contribution in [1.29, 1.82) is 0 Å². The molecule has 5 heteroatoms. The molecule has 0 spiro atoms. The van der Waals surface area contributed by atoms with E-state index in [1.54, 1.807) is 4.68 Å². The minimum Gasteiger partial charge on any atom is -0.493 e. The van der Waals surface area contributed by atoms with E-state index in [4.69, 9.17) is 4.74 Å². The number of rotatable bonds is 5. The van der Waals surface area contributed by atoms with Crippen molar-refractivity contribution in [1.82, 2.24) is 14.8 Å². The Bertz CT molecular complexity index is 796. The van der Waals surface area contributed by atoms with Gasteiger partial charge in [0, 0.05) is 5.56 Å². The van der Waals surface area contributed by atoms with Gasteiger partial charge in [0.2, 0.25) is 5.82 Å². The van der Waals surface area contributed by atoms with Crippen LogP contribution < -0.4 is 4.74 Å². The van der Waals surface area contributed by atoms with E-state index < -0.39 is 0 Å². The van der Waals surface area contributed by atoms with Crippen molar-refractivity contribution in [2.45, 2.75) is 6.92 Å². The van der Waals surface area contributed by atoms with Gasteiger partial charge in [0.1, 0.15) is 12.1 Å². The van der Waals surface area contributed by atoms with Crippen LogP contribution in [0.3, 0.4) is 0 Å². The maximum atomic E-state index is 10.7. The molecule has 22 heavy (non-hydrogen) atoms. The van der Waals surface area contributed by atoms with E-state index in [-0.39, 0.29) is 5.82 Å². The van der Waals surface area contributed by atoms with Crippen LogP contribution in [0.5, 0.6) is 5.75 Å². The van der Waals surface area contributed by atoms with E-state index in [9.17, 15) is 4.79 Å². The average Bonchev–Trinajstić information content (AvgIpc) is 3.05. The zero-order chi connectivity index (χ0) is 15.4. The second-order valence-electron chi connectivity index (χ2n) is 4.64. The molecular formula is C17H15N3O2. The minimum atomic E-state index is 0.167. The zero-order valence-electron chi connectivity index (χ0n) is 12.1. The molecule has 0 radical (unpaired) electrons. The summed E-state index contributed by atoms with van der Waals surface area (Å²) < 4.78 is 7.26. The molecule has 3 rings (SSSR count). The highest BCUT2D eigenvalue weighted by atomic mass is 16.5. The summed E-state index contributed by atoms with van der Waals surface area (Å²) in [4.78, 5) is 14.6. The van der Waals surface area contributed by atoms with Crippen LogP contribution in [0.25, 0.3) is 16.8 Å². The van der Waals surface area contributed by atoms with Crippen LogP contribution in [0.4, 0.5) is 0 Å². The molecule has 110 valence electrons. The fourth-order valence-corrected chi connectivity index (χ4v) is 2.26. The van der Waals surface area contributed by atoms with Gasteiger partial charge in [0.25, 0.3) is 0 Å². The van der Waals surface area contributed by atoms with Crippen molar-refractivity contribution in [3.63, 3.8) is 0 Å². The molecule has 0 unspecified atom stereocenters. The summed E-state index contributed by atoms with van der Waals surface area (Å²) in [6.07, 6.45) is 2.15. The molecule has 0 saturated carbocycles. The number of carbonyl (C=O) groups excluding carboxylic acids is 1. The molecule has 0 bridgehead atoms. The van der Waals surface area contributed by atoms with Crippen LogP contribution in [0, 0.1) is 0 Å². The van der Waals surface area contributed by atoms with Gasteiger partial charge in [-0.1, -0.05) is 30.3 Å². The lowest BCUT2D eigenvalue weighted by atomic mass is 10.0. The number of hydrogen-bond donors (Lipinski definition) is 0. The lowest BCUT2D eigenvalue weighted by Gasteiger charge is -2.11. The third-order valence-electron chi connectivity index (χ3n) is 3.22. The third kappa shape index (κ3) is 2.74. The Balaban J connectivity index is 2.03. The first-order valence-electron chi connectivity index (χ1n) is 7.01. The monoisotopic (exact) mass is 293 g/mol. The maximum absolute atomic E-state index is 10.7. The predicted octanol–water partition coefficient (Wildman–Crippen LogP) is 3.15. The standard InChI is InChI=1S/C17H15N3O2/c1-2-22-16-9-4-3-8-15(16)13-6-5-7-14(10-13)20-12-18-17(11-21)19-20/h3-12H,2H2,1H3. The maximum Gasteiger partial charge on any atom is 0.214 e. The fraction of sp³-hybridized carbons (Fsp3) is 0.118. The van der Waals surface area contributed by atoms with Crippen molar-refractivity contribution in [2.75, 3.05) is 6.61 Å². The van der Waals surface area contributed by atoms with Gasteiger partial charge in [-0.05, 0) is 30.7 Å².